The number of rotatable bonds is 4. The van der Waals surface area contributed by atoms with E-state index in [2.05, 4.69) is 6.58 Å². The minimum atomic E-state index is -1.49. The Kier molecular flexibility index (Phi) is 4.95. The van der Waals surface area contributed by atoms with E-state index in [0.717, 1.165) is 11.1 Å². The largest absolute Gasteiger partial charge is 0.488 e. The van der Waals surface area contributed by atoms with Crippen molar-refractivity contribution < 1.29 is 10.0 Å². The summed E-state index contributed by atoms with van der Waals surface area (Å²) in [6, 6.07) is 8.06. The van der Waals surface area contributed by atoms with Crippen LogP contribution in [0.2, 0.25) is 0 Å². The molecule has 2 nitrogen and oxygen atoms in total. The van der Waals surface area contributed by atoms with E-state index < -0.39 is 7.12 Å². The Hall–Kier alpha value is -1.58. The highest BCUT2D eigenvalue weighted by Crippen LogP contribution is 2.18. The molecule has 0 saturated carbocycles. The van der Waals surface area contributed by atoms with Crippen molar-refractivity contribution in [2.45, 2.75) is 13.8 Å². The van der Waals surface area contributed by atoms with Crippen molar-refractivity contribution in [3.8, 4) is 0 Å². The molecule has 0 saturated heterocycles. The quantitative estimate of drug-likeness (QED) is 0.614. The van der Waals surface area contributed by atoms with Crippen LogP contribution in [-0.4, -0.2) is 17.2 Å². The molecule has 2 N–H and O–H groups in total. The lowest BCUT2D eigenvalue weighted by Gasteiger charge is -2.05. The van der Waals surface area contributed by atoms with Crippen LogP contribution in [0, 0.1) is 6.92 Å². The Labute approximate surface area is 103 Å². The molecule has 0 aliphatic heterocycles. The number of allylic oxidation sites excluding steroid dienone is 5. The summed E-state index contributed by atoms with van der Waals surface area (Å²) < 4.78 is 0. The maximum Gasteiger partial charge on any atom is 0.488 e. The van der Waals surface area contributed by atoms with Crippen LogP contribution in [0.25, 0.3) is 5.57 Å². The van der Waals surface area contributed by atoms with Gasteiger partial charge < -0.3 is 10.0 Å². The molecule has 17 heavy (non-hydrogen) atoms. The Bertz CT molecular complexity index is 442. The van der Waals surface area contributed by atoms with Crippen molar-refractivity contribution >= 4 is 12.7 Å². The molecule has 1 aromatic carbocycles. The summed E-state index contributed by atoms with van der Waals surface area (Å²) in [5.74, 6) is 0. The highest BCUT2D eigenvalue weighted by atomic mass is 16.4. The third-order valence-electron chi connectivity index (χ3n) is 2.55. The molecule has 0 amide bonds. The zero-order chi connectivity index (χ0) is 12.8. The van der Waals surface area contributed by atoms with Gasteiger partial charge in [0.15, 0.2) is 0 Å². The third-order valence-corrected chi connectivity index (χ3v) is 2.55. The molecule has 0 aromatic heterocycles. The van der Waals surface area contributed by atoms with Gasteiger partial charge in [-0.1, -0.05) is 54.6 Å². The molecule has 1 rings (SSSR count). The number of benzene rings is 1. The number of hydrogen-bond donors (Lipinski definition) is 2. The summed E-state index contributed by atoms with van der Waals surface area (Å²) >= 11 is 0. The predicted octanol–water partition coefficient (Wildman–Crippen LogP) is 2.52. The van der Waals surface area contributed by atoms with E-state index in [0.29, 0.717) is 5.47 Å². The summed E-state index contributed by atoms with van der Waals surface area (Å²) in [4.78, 5) is 0. The van der Waals surface area contributed by atoms with Gasteiger partial charge in [-0.15, -0.1) is 0 Å². The van der Waals surface area contributed by atoms with Gasteiger partial charge in [-0.25, -0.2) is 0 Å². The van der Waals surface area contributed by atoms with Crippen LogP contribution in [0.5, 0.6) is 0 Å². The molecule has 0 heterocycles. The Morgan fingerprint density at radius 2 is 1.82 bits per heavy atom. The lowest BCUT2D eigenvalue weighted by atomic mass is 9.78. The van der Waals surface area contributed by atoms with Crippen molar-refractivity contribution in [1.29, 1.82) is 0 Å². The third kappa shape index (κ3) is 3.73. The van der Waals surface area contributed by atoms with E-state index >= 15 is 0 Å². The average Bonchev–Trinajstić information content (AvgIpc) is 2.32. The minimum Gasteiger partial charge on any atom is -0.423 e. The van der Waals surface area contributed by atoms with Gasteiger partial charge in [-0.05, 0) is 30.5 Å². The van der Waals surface area contributed by atoms with Crippen LogP contribution in [0.15, 0.2) is 54.5 Å². The van der Waals surface area contributed by atoms with Crippen molar-refractivity contribution in [1.82, 2.24) is 0 Å². The van der Waals surface area contributed by atoms with Gasteiger partial charge in [-0.3, -0.25) is 0 Å². The summed E-state index contributed by atoms with van der Waals surface area (Å²) in [6.07, 6.45) is 5.10. The maximum absolute atomic E-state index is 9.14. The summed E-state index contributed by atoms with van der Waals surface area (Å²) in [5, 5.41) is 18.3. The van der Waals surface area contributed by atoms with Gasteiger partial charge in [0.25, 0.3) is 0 Å². The lowest BCUT2D eigenvalue weighted by Crippen LogP contribution is -2.13. The summed E-state index contributed by atoms with van der Waals surface area (Å²) in [7, 11) is -1.49. The molecule has 0 atom stereocenters. The van der Waals surface area contributed by atoms with Crippen LogP contribution < -0.4 is 0 Å². The molecule has 0 aliphatic carbocycles. The molecule has 0 bridgehead atoms. The van der Waals surface area contributed by atoms with Gasteiger partial charge in [0.05, 0.1) is 0 Å². The molecule has 3 heteroatoms. The fraction of sp³-hybridized carbons (Fsp3) is 0.143. The van der Waals surface area contributed by atoms with Crippen LogP contribution in [0.3, 0.4) is 0 Å². The minimum absolute atomic E-state index is 0.388. The van der Waals surface area contributed by atoms with Crippen LogP contribution in [-0.2, 0) is 0 Å². The first-order valence-electron chi connectivity index (χ1n) is 5.52. The van der Waals surface area contributed by atoms with Crippen LogP contribution in [0.1, 0.15) is 18.1 Å². The highest BCUT2D eigenvalue weighted by molar-refractivity contribution is 6.52. The zero-order valence-electron chi connectivity index (χ0n) is 10.2. The number of aryl methyl sites for hydroxylation is 1. The number of hydrogen-bond acceptors (Lipinski definition) is 2. The van der Waals surface area contributed by atoms with Gasteiger partial charge in [0.2, 0.25) is 0 Å². The molecule has 0 aliphatic rings. The van der Waals surface area contributed by atoms with Crippen molar-refractivity contribution in [3.05, 3.63) is 65.7 Å². The van der Waals surface area contributed by atoms with Gasteiger partial charge >= 0.3 is 7.12 Å². The van der Waals surface area contributed by atoms with Crippen LogP contribution >= 0.6 is 0 Å². The first-order chi connectivity index (χ1) is 8.08. The predicted molar refractivity (Wildman–Crippen MR) is 73.3 cm³/mol. The smallest absolute Gasteiger partial charge is 0.423 e. The van der Waals surface area contributed by atoms with E-state index in [1.54, 1.807) is 6.08 Å². The molecule has 0 fully saturated rings. The second-order valence-corrected chi connectivity index (χ2v) is 3.83. The first kappa shape index (κ1) is 13.5. The van der Waals surface area contributed by atoms with E-state index in [4.69, 9.17) is 10.0 Å². The molecule has 88 valence electrons. The molecule has 1 aromatic rings. The van der Waals surface area contributed by atoms with E-state index in [-0.39, 0.29) is 0 Å². The average molecular weight is 228 g/mol. The second-order valence-electron chi connectivity index (χ2n) is 3.83. The molecule has 0 radical (unpaired) electrons. The van der Waals surface area contributed by atoms with Gasteiger partial charge in [0, 0.05) is 0 Å². The van der Waals surface area contributed by atoms with E-state index in [9.17, 15) is 0 Å². The summed E-state index contributed by atoms with van der Waals surface area (Å²) in [6.45, 7) is 7.50. The van der Waals surface area contributed by atoms with Crippen molar-refractivity contribution in [3.63, 3.8) is 0 Å². The van der Waals surface area contributed by atoms with E-state index in [1.807, 2.05) is 44.2 Å². The van der Waals surface area contributed by atoms with Gasteiger partial charge in [0.1, 0.15) is 0 Å². The lowest BCUT2D eigenvalue weighted by molar-refractivity contribution is 0.421. The molecular weight excluding hydrogens is 211 g/mol. The second kappa shape index (κ2) is 6.23. The normalized spacial score (nSPS) is 12.5. The van der Waals surface area contributed by atoms with Crippen molar-refractivity contribution in [2.75, 3.05) is 0 Å². The van der Waals surface area contributed by atoms with Crippen LogP contribution in [0.4, 0.5) is 0 Å². The molecule has 0 spiro atoms. The monoisotopic (exact) mass is 228 g/mol. The fourth-order valence-corrected chi connectivity index (χ4v) is 1.50. The zero-order valence-corrected chi connectivity index (χ0v) is 10.2. The van der Waals surface area contributed by atoms with Crippen molar-refractivity contribution in [2.24, 2.45) is 0 Å². The topological polar surface area (TPSA) is 40.5 Å². The summed E-state index contributed by atoms with van der Waals surface area (Å²) in [5.41, 5.74) is 3.56. The van der Waals surface area contributed by atoms with E-state index in [1.165, 1.54) is 11.6 Å². The highest BCUT2D eigenvalue weighted by Gasteiger charge is 2.11. The SMILES string of the molecule is C=C/C(=C\C(=C/C)c1ccc(C)cc1)B(O)O. The van der Waals surface area contributed by atoms with Gasteiger partial charge in [-0.2, -0.15) is 0 Å². The maximum atomic E-state index is 9.14. The molecular formula is C14H17BO2. The fourth-order valence-electron chi connectivity index (χ4n) is 1.50. The first-order valence-corrected chi connectivity index (χ1v) is 5.52. The Morgan fingerprint density at radius 3 is 2.24 bits per heavy atom. The standard InChI is InChI=1S/C14H17BO2/c1-4-12(10-14(5-2)15(16)17)13-8-6-11(3)7-9-13/h4-10,16-17H,2H2,1,3H3/b12-4+,14-10+. The Balaban J connectivity index is 3.09. The molecule has 0 unspecified atom stereocenters. The Morgan fingerprint density at radius 1 is 1.24 bits per heavy atom.